The van der Waals surface area contributed by atoms with E-state index in [0.29, 0.717) is 10.2 Å². The first kappa shape index (κ1) is 17.5. The second-order valence-corrected chi connectivity index (χ2v) is 6.95. The van der Waals surface area contributed by atoms with Crippen molar-refractivity contribution in [1.82, 2.24) is 5.32 Å². The molecule has 1 N–H and O–H groups in total. The number of halogens is 2. The van der Waals surface area contributed by atoms with Crippen LogP contribution in [0.15, 0.2) is 22.7 Å². The first-order chi connectivity index (χ1) is 10.7. The van der Waals surface area contributed by atoms with Crippen LogP contribution in [0.1, 0.15) is 20.8 Å². The minimum absolute atomic E-state index is 0.121. The first-order valence-electron chi connectivity index (χ1n) is 7.06. The average Bonchev–Trinajstić information content (AvgIpc) is 2.79. The third kappa shape index (κ3) is 4.82. The number of amides is 2. The Hall–Kier alpha value is -1.83. The number of hydrogen-bond acceptors (Lipinski definition) is 4. The Morgan fingerprint density at radius 2 is 2.22 bits per heavy atom. The minimum Gasteiger partial charge on any atom is -0.444 e. The second-order valence-electron chi connectivity index (χ2n) is 6.10. The van der Waals surface area contributed by atoms with Gasteiger partial charge in [-0.05, 0) is 54.9 Å². The van der Waals surface area contributed by atoms with E-state index in [-0.39, 0.29) is 13.1 Å². The van der Waals surface area contributed by atoms with Crippen molar-refractivity contribution in [1.29, 1.82) is 0 Å². The Kier molecular flexibility index (Phi) is 5.13. The molecule has 1 aromatic carbocycles. The van der Waals surface area contributed by atoms with Crippen LogP contribution < -0.4 is 10.2 Å². The van der Waals surface area contributed by atoms with Crippen LogP contribution in [0.3, 0.4) is 0 Å². The Balaban J connectivity index is 1.92. The van der Waals surface area contributed by atoms with E-state index in [1.54, 1.807) is 26.8 Å². The zero-order valence-electron chi connectivity index (χ0n) is 13.1. The summed E-state index contributed by atoms with van der Waals surface area (Å²) in [5, 5.41) is 2.55. The van der Waals surface area contributed by atoms with E-state index in [0.717, 1.165) is 0 Å². The van der Waals surface area contributed by atoms with Crippen LogP contribution >= 0.6 is 15.9 Å². The highest BCUT2D eigenvalue weighted by atomic mass is 79.9. The smallest absolute Gasteiger partial charge is 0.414 e. The molecule has 126 valence electrons. The van der Waals surface area contributed by atoms with Crippen LogP contribution in [0.4, 0.5) is 19.7 Å². The van der Waals surface area contributed by atoms with Gasteiger partial charge < -0.3 is 14.8 Å². The van der Waals surface area contributed by atoms with Gasteiger partial charge in [-0.3, -0.25) is 4.90 Å². The van der Waals surface area contributed by atoms with Gasteiger partial charge in [-0.1, -0.05) is 0 Å². The summed E-state index contributed by atoms with van der Waals surface area (Å²) in [4.78, 5) is 24.8. The van der Waals surface area contributed by atoms with E-state index >= 15 is 0 Å². The van der Waals surface area contributed by atoms with Gasteiger partial charge in [-0.2, -0.15) is 0 Å². The number of benzene rings is 1. The number of hydrogen-bond donors (Lipinski definition) is 1. The third-order valence-electron chi connectivity index (χ3n) is 2.96. The van der Waals surface area contributed by atoms with Gasteiger partial charge in [0.1, 0.15) is 17.5 Å². The number of nitrogens with one attached hydrogen (secondary N) is 1. The molecule has 1 heterocycles. The van der Waals surface area contributed by atoms with Crippen molar-refractivity contribution in [2.45, 2.75) is 32.5 Å². The Morgan fingerprint density at radius 3 is 2.83 bits per heavy atom. The maximum atomic E-state index is 13.6. The van der Waals surface area contributed by atoms with Crippen LogP contribution in [0, 0.1) is 5.82 Å². The number of carbonyl (C=O) groups is 2. The number of ether oxygens (including phenoxy) is 2. The zero-order valence-corrected chi connectivity index (χ0v) is 14.6. The van der Waals surface area contributed by atoms with Crippen molar-refractivity contribution in [2.75, 3.05) is 18.0 Å². The summed E-state index contributed by atoms with van der Waals surface area (Å²) in [5.41, 5.74) is -0.201. The Bertz CT molecular complexity index is 618. The number of carbonyl (C=O) groups excluding carboxylic acids is 2. The van der Waals surface area contributed by atoms with Gasteiger partial charge in [0, 0.05) is 0 Å². The van der Waals surface area contributed by atoms with Crippen molar-refractivity contribution in [2.24, 2.45) is 0 Å². The zero-order chi connectivity index (χ0) is 17.2. The molecule has 6 nitrogen and oxygen atoms in total. The molecule has 1 aliphatic rings. The summed E-state index contributed by atoms with van der Waals surface area (Å²) in [7, 11) is 0. The van der Waals surface area contributed by atoms with E-state index in [4.69, 9.17) is 9.47 Å². The summed E-state index contributed by atoms with van der Waals surface area (Å²) in [6.45, 7) is 5.61. The van der Waals surface area contributed by atoms with Gasteiger partial charge in [-0.15, -0.1) is 0 Å². The molecule has 1 aliphatic heterocycles. The van der Waals surface area contributed by atoms with E-state index < -0.39 is 29.7 Å². The van der Waals surface area contributed by atoms with Gasteiger partial charge in [0.15, 0.2) is 0 Å². The molecular formula is C15H18BrFN2O4. The van der Waals surface area contributed by atoms with Gasteiger partial charge in [0.25, 0.3) is 0 Å². The molecule has 0 saturated carbocycles. The third-order valence-corrected chi connectivity index (χ3v) is 3.61. The fourth-order valence-electron chi connectivity index (χ4n) is 2.00. The van der Waals surface area contributed by atoms with Gasteiger partial charge in [0.2, 0.25) is 0 Å². The second kappa shape index (κ2) is 6.74. The molecule has 0 spiro atoms. The summed E-state index contributed by atoms with van der Waals surface area (Å²) in [5.74, 6) is -0.467. The highest BCUT2D eigenvalue weighted by Gasteiger charge is 2.33. The molecule has 0 bridgehead atoms. The molecule has 1 fully saturated rings. The predicted molar refractivity (Wildman–Crippen MR) is 86.0 cm³/mol. The lowest BCUT2D eigenvalue weighted by molar-refractivity contribution is 0.0496. The van der Waals surface area contributed by atoms with E-state index in [2.05, 4.69) is 21.2 Å². The monoisotopic (exact) mass is 388 g/mol. The number of alkyl carbamates (subject to hydrolysis) is 1. The lowest BCUT2D eigenvalue weighted by atomic mass is 10.2. The van der Waals surface area contributed by atoms with Crippen LogP contribution in [0.2, 0.25) is 0 Å². The molecular weight excluding hydrogens is 371 g/mol. The maximum absolute atomic E-state index is 13.6. The largest absolute Gasteiger partial charge is 0.444 e. The van der Waals surface area contributed by atoms with Crippen molar-refractivity contribution in [3.63, 3.8) is 0 Å². The number of rotatable bonds is 3. The summed E-state index contributed by atoms with van der Waals surface area (Å²) >= 11 is 3.06. The van der Waals surface area contributed by atoms with Crippen molar-refractivity contribution in [3.8, 4) is 0 Å². The first-order valence-corrected chi connectivity index (χ1v) is 7.85. The summed E-state index contributed by atoms with van der Waals surface area (Å²) < 4.78 is 24.2. The van der Waals surface area contributed by atoms with Crippen molar-refractivity contribution >= 4 is 33.8 Å². The standard InChI is InChI=1S/C15H18BrFN2O4/c1-15(2,3)23-13(20)18-7-10-8-19(14(21)22-10)9-4-5-11(16)12(17)6-9/h4-6,10H,7-8H2,1-3H3,(H,18,20)/t10-/m0/s1. The van der Waals surface area contributed by atoms with Crippen LogP contribution in [0.25, 0.3) is 0 Å². The van der Waals surface area contributed by atoms with E-state index in [9.17, 15) is 14.0 Å². The molecule has 8 heteroatoms. The van der Waals surface area contributed by atoms with Gasteiger partial charge in [-0.25, -0.2) is 14.0 Å². The molecule has 1 atom stereocenters. The maximum Gasteiger partial charge on any atom is 0.414 e. The van der Waals surface area contributed by atoms with Crippen LogP contribution in [0.5, 0.6) is 0 Å². The quantitative estimate of drug-likeness (QED) is 0.860. The SMILES string of the molecule is CC(C)(C)OC(=O)NC[C@H]1CN(c2ccc(Br)c(F)c2)C(=O)O1. The van der Waals surface area contributed by atoms with Crippen LogP contribution in [-0.2, 0) is 9.47 Å². The molecule has 1 aromatic rings. The Labute approximate surface area is 142 Å². The number of cyclic esters (lactones) is 1. The molecule has 23 heavy (non-hydrogen) atoms. The highest BCUT2D eigenvalue weighted by Crippen LogP contribution is 2.25. The molecule has 0 aliphatic carbocycles. The predicted octanol–water partition coefficient (Wildman–Crippen LogP) is 3.44. The lowest BCUT2D eigenvalue weighted by Gasteiger charge is -2.20. The lowest BCUT2D eigenvalue weighted by Crippen LogP contribution is -2.38. The van der Waals surface area contributed by atoms with Crippen molar-refractivity contribution in [3.05, 3.63) is 28.5 Å². The van der Waals surface area contributed by atoms with Gasteiger partial charge >= 0.3 is 12.2 Å². The molecule has 0 unspecified atom stereocenters. The number of nitrogens with zero attached hydrogens (tertiary/aromatic N) is 1. The molecule has 1 saturated heterocycles. The molecule has 0 radical (unpaired) electrons. The normalized spacial score (nSPS) is 17.9. The molecule has 0 aromatic heterocycles. The molecule has 2 rings (SSSR count). The number of anilines is 1. The van der Waals surface area contributed by atoms with E-state index in [1.807, 2.05) is 0 Å². The van der Waals surface area contributed by atoms with Crippen molar-refractivity contribution < 1.29 is 23.5 Å². The van der Waals surface area contributed by atoms with Gasteiger partial charge in [0.05, 0.1) is 23.2 Å². The molecule has 2 amide bonds. The summed E-state index contributed by atoms with van der Waals surface area (Å²) in [6, 6.07) is 4.37. The topological polar surface area (TPSA) is 67.9 Å². The minimum atomic E-state index is -0.600. The summed E-state index contributed by atoms with van der Waals surface area (Å²) in [6.07, 6.45) is -1.69. The van der Waals surface area contributed by atoms with E-state index in [1.165, 1.54) is 17.0 Å². The van der Waals surface area contributed by atoms with Crippen LogP contribution in [-0.4, -0.2) is 37.0 Å². The average molecular weight is 389 g/mol. The fraction of sp³-hybridized carbons (Fsp3) is 0.467. The highest BCUT2D eigenvalue weighted by molar-refractivity contribution is 9.10. The fourth-order valence-corrected chi connectivity index (χ4v) is 2.25. The Morgan fingerprint density at radius 1 is 1.52 bits per heavy atom.